The molecule has 4 heterocycles. The minimum Gasteiger partial charge on any atom is -0.361 e. The number of hydrogen-bond donors (Lipinski definition) is 0. The lowest BCUT2D eigenvalue weighted by Gasteiger charge is -2.20. The van der Waals surface area contributed by atoms with Crippen molar-refractivity contribution in [1.82, 2.24) is 29.4 Å². The second kappa shape index (κ2) is 9.84. The van der Waals surface area contributed by atoms with Gasteiger partial charge in [0.05, 0.1) is 13.1 Å². The zero-order chi connectivity index (χ0) is 24.4. The third-order valence-electron chi connectivity index (χ3n) is 5.17. The summed E-state index contributed by atoms with van der Waals surface area (Å²) in [5.41, 5.74) is 0.429. The highest BCUT2D eigenvalue weighted by atomic mass is 32.2. The zero-order valence-electron chi connectivity index (χ0n) is 19.9. The molecule has 0 bridgehead atoms. The molecule has 0 spiro atoms. The fourth-order valence-electron chi connectivity index (χ4n) is 3.56. The van der Waals surface area contributed by atoms with Gasteiger partial charge in [-0.05, 0) is 20.3 Å². The van der Waals surface area contributed by atoms with Gasteiger partial charge in [-0.15, -0.1) is 0 Å². The first-order valence-corrected chi connectivity index (χ1v) is 12.0. The van der Waals surface area contributed by atoms with Crippen LogP contribution in [0.25, 0.3) is 11.2 Å². The molecule has 0 saturated carbocycles. The number of unbranched alkanes of at least 4 members (excludes halogenated alkanes) is 1. The number of anilines is 1. The number of aryl methyl sites for hydroxylation is 2. The molecule has 0 atom stereocenters. The largest absolute Gasteiger partial charge is 0.361 e. The molecule has 0 amide bonds. The molecular formula is C22H27N7O4S. The van der Waals surface area contributed by atoms with E-state index in [2.05, 4.69) is 17.2 Å². The van der Waals surface area contributed by atoms with Crippen LogP contribution in [-0.2, 0) is 13.1 Å². The molecule has 0 N–H and O–H groups in total. The highest BCUT2D eigenvalue weighted by molar-refractivity contribution is 7.99. The van der Waals surface area contributed by atoms with Crippen molar-refractivity contribution in [3.63, 3.8) is 0 Å². The summed E-state index contributed by atoms with van der Waals surface area (Å²) in [6.45, 7) is 5.76. The molecule has 11 nitrogen and oxygen atoms in total. The van der Waals surface area contributed by atoms with Crippen LogP contribution in [0.1, 0.15) is 42.7 Å². The predicted octanol–water partition coefficient (Wildman–Crippen LogP) is 2.60. The van der Waals surface area contributed by atoms with Crippen LogP contribution < -0.4 is 16.0 Å². The minimum atomic E-state index is -0.707. The van der Waals surface area contributed by atoms with Gasteiger partial charge in [0.15, 0.2) is 16.6 Å². The van der Waals surface area contributed by atoms with Crippen LogP contribution in [-0.4, -0.2) is 49.3 Å². The van der Waals surface area contributed by atoms with Crippen molar-refractivity contribution < 1.29 is 9.05 Å². The predicted molar refractivity (Wildman–Crippen MR) is 129 cm³/mol. The molecule has 4 aromatic rings. The van der Waals surface area contributed by atoms with Gasteiger partial charge in [-0.1, -0.05) is 35.4 Å². The lowest BCUT2D eigenvalue weighted by molar-refractivity contribution is 0.388. The van der Waals surface area contributed by atoms with Crippen LogP contribution in [0.2, 0.25) is 0 Å². The summed E-state index contributed by atoms with van der Waals surface area (Å²) >= 11 is 1.52. The molecule has 180 valence electrons. The number of fused-ring (bicyclic) bond motifs is 1. The number of thioether (sulfide) groups is 1. The Balaban J connectivity index is 1.99. The van der Waals surface area contributed by atoms with Crippen molar-refractivity contribution in [2.24, 2.45) is 0 Å². The maximum absolute atomic E-state index is 13.3. The van der Waals surface area contributed by atoms with E-state index >= 15 is 0 Å². The van der Waals surface area contributed by atoms with Crippen molar-refractivity contribution in [3.8, 4) is 0 Å². The molecule has 12 heteroatoms. The summed E-state index contributed by atoms with van der Waals surface area (Å²) in [6, 6.07) is 3.46. The second-order valence-corrected chi connectivity index (χ2v) is 9.30. The van der Waals surface area contributed by atoms with Crippen LogP contribution in [0.5, 0.6) is 0 Å². The van der Waals surface area contributed by atoms with E-state index in [0.29, 0.717) is 45.0 Å². The Morgan fingerprint density at radius 1 is 0.941 bits per heavy atom. The van der Waals surface area contributed by atoms with Crippen molar-refractivity contribution in [3.05, 3.63) is 55.7 Å². The van der Waals surface area contributed by atoms with Crippen molar-refractivity contribution >= 4 is 28.7 Å². The van der Waals surface area contributed by atoms with E-state index in [9.17, 15) is 9.59 Å². The molecule has 0 fully saturated rings. The molecule has 0 aliphatic heterocycles. The van der Waals surface area contributed by atoms with Gasteiger partial charge in [-0.25, -0.2) is 9.97 Å². The molecule has 0 aliphatic carbocycles. The van der Waals surface area contributed by atoms with Crippen LogP contribution in [0.4, 0.5) is 5.82 Å². The van der Waals surface area contributed by atoms with E-state index in [4.69, 9.17) is 19.0 Å². The first-order chi connectivity index (χ1) is 16.3. The number of hydrogen-bond acceptors (Lipinski definition) is 10. The first kappa shape index (κ1) is 23.7. The lowest BCUT2D eigenvalue weighted by Crippen LogP contribution is -2.43. The van der Waals surface area contributed by atoms with E-state index in [0.717, 1.165) is 18.6 Å². The molecule has 0 aromatic carbocycles. The van der Waals surface area contributed by atoms with Gasteiger partial charge in [0.2, 0.25) is 0 Å². The molecule has 4 rings (SSSR count). The van der Waals surface area contributed by atoms with E-state index in [-0.39, 0.29) is 13.1 Å². The first-order valence-electron chi connectivity index (χ1n) is 11.0. The summed E-state index contributed by atoms with van der Waals surface area (Å²) in [6.07, 6.45) is 2.06. The molecule has 0 aliphatic rings. The summed E-state index contributed by atoms with van der Waals surface area (Å²) in [5, 5.41) is 8.53. The van der Waals surface area contributed by atoms with Gasteiger partial charge in [0.25, 0.3) is 0 Å². The maximum atomic E-state index is 13.3. The monoisotopic (exact) mass is 485 g/mol. The number of rotatable bonds is 9. The third-order valence-corrected chi connectivity index (χ3v) is 6.11. The Morgan fingerprint density at radius 2 is 1.53 bits per heavy atom. The fraction of sp³-hybridized carbons (Fsp3) is 0.455. The van der Waals surface area contributed by atoms with Crippen molar-refractivity contribution in [2.75, 3.05) is 24.7 Å². The second-order valence-electron chi connectivity index (χ2n) is 8.24. The van der Waals surface area contributed by atoms with E-state index in [1.54, 1.807) is 26.0 Å². The average Bonchev–Trinajstić information content (AvgIpc) is 3.41. The Kier molecular flexibility index (Phi) is 6.87. The van der Waals surface area contributed by atoms with Crippen LogP contribution in [0.3, 0.4) is 0 Å². The van der Waals surface area contributed by atoms with Crippen LogP contribution in [0.15, 0.2) is 35.9 Å². The van der Waals surface area contributed by atoms with Gasteiger partial charge in [0.1, 0.15) is 28.4 Å². The Bertz CT molecular complexity index is 1430. The van der Waals surface area contributed by atoms with Gasteiger partial charge in [-0.3, -0.25) is 18.7 Å². The quantitative estimate of drug-likeness (QED) is 0.151. The Hall–Kier alpha value is -3.41. The number of aromatic nitrogens is 6. The summed E-state index contributed by atoms with van der Waals surface area (Å²) in [5.74, 6) is 2.60. The smallest absolute Gasteiger partial charge is 0.318 e. The lowest BCUT2D eigenvalue weighted by atomic mass is 10.3. The van der Waals surface area contributed by atoms with Crippen LogP contribution in [0, 0.1) is 13.8 Å². The molecule has 0 unspecified atom stereocenters. The summed E-state index contributed by atoms with van der Waals surface area (Å²) in [7, 11) is 3.68. The van der Waals surface area contributed by atoms with Crippen molar-refractivity contribution in [1.29, 1.82) is 0 Å². The van der Waals surface area contributed by atoms with E-state index in [1.165, 1.54) is 20.9 Å². The molecular weight excluding hydrogens is 458 g/mol. The number of nitrogens with zero attached hydrogens (tertiary/aromatic N) is 7. The molecule has 4 aromatic heterocycles. The normalized spacial score (nSPS) is 11.4. The average molecular weight is 486 g/mol. The SMILES string of the molecule is CCCCSc1nc(N(C)C)c2c(n1)n(Cc1cc(C)on1)c(=O)c(=O)n2Cc1cc(C)on1. The highest BCUT2D eigenvalue weighted by Crippen LogP contribution is 2.26. The van der Waals surface area contributed by atoms with E-state index < -0.39 is 11.1 Å². The fourth-order valence-corrected chi connectivity index (χ4v) is 4.48. The molecule has 0 radical (unpaired) electrons. The van der Waals surface area contributed by atoms with Crippen LogP contribution >= 0.6 is 11.8 Å². The summed E-state index contributed by atoms with van der Waals surface area (Å²) in [4.78, 5) is 37.9. The summed E-state index contributed by atoms with van der Waals surface area (Å²) < 4.78 is 13.0. The standard InChI is InChI=1S/C22H27N7O4S/c1-6-7-8-34-22-23-18(27(4)5)17-19(24-22)29(12-16-10-14(3)33-26-16)21(31)20(30)28(17)11-15-9-13(2)32-25-15/h9-10H,6-8,11-12H2,1-5H3. The maximum Gasteiger partial charge on any atom is 0.318 e. The highest BCUT2D eigenvalue weighted by Gasteiger charge is 2.22. The van der Waals surface area contributed by atoms with Gasteiger partial charge >= 0.3 is 11.1 Å². The van der Waals surface area contributed by atoms with Crippen molar-refractivity contribution in [2.45, 2.75) is 51.9 Å². The third kappa shape index (κ3) is 4.76. The topological polar surface area (TPSA) is 125 Å². The van der Waals surface area contributed by atoms with Gasteiger partial charge < -0.3 is 13.9 Å². The Morgan fingerprint density at radius 3 is 2.06 bits per heavy atom. The minimum absolute atomic E-state index is 0.0504. The zero-order valence-corrected chi connectivity index (χ0v) is 20.7. The molecule has 34 heavy (non-hydrogen) atoms. The van der Waals surface area contributed by atoms with Gasteiger partial charge in [-0.2, -0.15) is 0 Å². The molecule has 0 saturated heterocycles. The van der Waals surface area contributed by atoms with Gasteiger partial charge in [0, 0.05) is 32.0 Å². The van der Waals surface area contributed by atoms with E-state index in [1.807, 2.05) is 19.0 Å². The Labute approximate surface area is 199 Å².